The maximum absolute atomic E-state index is 13.0. The molecule has 4 rings (SSSR count). The van der Waals surface area contributed by atoms with Crippen LogP contribution in [0.25, 0.3) is 10.9 Å². The monoisotopic (exact) mass is 403 g/mol. The molecule has 0 spiro atoms. The number of nitrogens with one attached hydrogen (secondary N) is 2. The number of hydrogen-bond donors (Lipinski definition) is 2. The molecule has 3 heterocycles. The van der Waals surface area contributed by atoms with Gasteiger partial charge in [-0.1, -0.05) is 18.2 Å². The lowest BCUT2D eigenvalue weighted by atomic mass is 10.1. The number of aromatic nitrogens is 4. The normalized spacial score (nSPS) is 12.2. The summed E-state index contributed by atoms with van der Waals surface area (Å²) in [4.78, 5) is 29.1. The van der Waals surface area contributed by atoms with Crippen LogP contribution in [0.15, 0.2) is 66.0 Å². The molecule has 2 N–H and O–H groups in total. The zero-order valence-corrected chi connectivity index (χ0v) is 17.1. The number of carbonyl (C=O) groups excluding carboxylic acids is 1. The highest BCUT2D eigenvalue weighted by atomic mass is 16.2. The van der Waals surface area contributed by atoms with Crippen molar-refractivity contribution in [1.82, 2.24) is 24.6 Å². The van der Waals surface area contributed by atoms with Crippen LogP contribution in [-0.2, 0) is 19.5 Å². The van der Waals surface area contributed by atoms with Gasteiger partial charge in [0.05, 0.1) is 6.54 Å². The number of rotatable bonds is 7. The van der Waals surface area contributed by atoms with E-state index in [9.17, 15) is 9.59 Å². The highest BCUT2D eigenvalue weighted by molar-refractivity contribution is 5.95. The summed E-state index contributed by atoms with van der Waals surface area (Å²) in [7, 11) is 0. The zero-order valence-electron chi connectivity index (χ0n) is 17.1. The van der Waals surface area contributed by atoms with Crippen molar-refractivity contribution in [3.8, 4) is 0 Å². The van der Waals surface area contributed by atoms with Crippen LogP contribution in [0.4, 0.5) is 0 Å². The Hall–Kier alpha value is -3.61. The Balaban J connectivity index is 1.50. The van der Waals surface area contributed by atoms with Crippen molar-refractivity contribution in [2.45, 2.75) is 39.4 Å². The van der Waals surface area contributed by atoms with E-state index >= 15 is 0 Å². The molecule has 0 radical (unpaired) electrons. The van der Waals surface area contributed by atoms with Crippen LogP contribution >= 0.6 is 0 Å². The molecule has 0 bridgehead atoms. The average Bonchev–Trinajstić information content (AvgIpc) is 3.37. The van der Waals surface area contributed by atoms with E-state index in [0.29, 0.717) is 25.1 Å². The topological polar surface area (TPSA) is 84.7 Å². The molecule has 0 fully saturated rings. The summed E-state index contributed by atoms with van der Waals surface area (Å²) in [5.41, 5.74) is 2.83. The second-order valence-electron chi connectivity index (χ2n) is 7.58. The Morgan fingerprint density at radius 3 is 2.83 bits per heavy atom. The molecule has 0 aliphatic carbocycles. The lowest BCUT2D eigenvalue weighted by Crippen LogP contribution is -2.40. The van der Waals surface area contributed by atoms with Gasteiger partial charge in [-0.2, -0.15) is 5.10 Å². The molecule has 1 amide bonds. The molecule has 4 aromatic rings. The number of benzene rings is 1. The minimum absolute atomic E-state index is 0.156. The molecule has 1 atom stereocenters. The van der Waals surface area contributed by atoms with Crippen LogP contribution in [0.3, 0.4) is 0 Å². The third-order valence-electron chi connectivity index (χ3n) is 5.30. The number of amides is 1. The van der Waals surface area contributed by atoms with Gasteiger partial charge in [0.15, 0.2) is 0 Å². The highest BCUT2D eigenvalue weighted by Crippen LogP contribution is 2.18. The molecule has 0 aliphatic rings. The van der Waals surface area contributed by atoms with Crippen molar-refractivity contribution < 1.29 is 4.79 Å². The second-order valence-corrected chi connectivity index (χ2v) is 7.58. The number of para-hydroxylation sites is 1. The van der Waals surface area contributed by atoms with Gasteiger partial charge in [0, 0.05) is 48.3 Å². The van der Waals surface area contributed by atoms with E-state index in [2.05, 4.69) is 21.5 Å². The molecular weight excluding hydrogens is 378 g/mol. The Morgan fingerprint density at radius 1 is 1.20 bits per heavy atom. The van der Waals surface area contributed by atoms with Gasteiger partial charge in [0.1, 0.15) is 5.56 Å². The van der Waals surface area contributed by atoms with Gasteiger partial charge in [0.25, 0.3) is 11.5 Å². The number of pyridine rings is 1. The molecule has 7 heteroatoms. The maximum atomic E-state index is 13.0. The predicted octanol–water partition coefficient (Wildman–Crippen LogP) is 2.90. The van der Waals surface area contributed by atoms with Crippen molar-refractivity contribution in [3.05, 3.63) is 88.2 Å². The predicted molar refractivity (Wildman–Crippen MR) is 117 cm³/mol. The fourth-order valence-corrected chi connectivity index (χ4v) is 3.73. The molecule has 30 heavy (non-hydrogen) atoms. The first kappa shape index (κ1) is 19.7. The fraction of sp³-hybridized carbons (Fsp3) is 0.261. The smallest absolute Gasteiger partial charge is 0.263 e. The molecule has 0 saturated heterocycles. The third-order valence-corrected chi connectivity index (χ3v) is 5.30. The minimum Gasteiger partial charge on any atom is -0.361 e. The summed E-state index contributed by atoms with van der Waals surface area (Å²) in [6.45, 7) is 4.73. The van der Waals surface area contributed by atoms with Crippen LogP contribution in [0, 0.1) is 6.92 Å². The summed E-state index contributed by atoms with van der Waals surface area (Å²) in [6.07, 6.45) is 7.98. The van der Waals surface area contributed by atoms with Crippen LogP contribution in [0.5, 0.6) is 0 Å². The van der Waals surface area contributed by atoms with E-state index in [0.717, 1.165) is 16.5 Å². The molecule has 1 aromatic carbocycles. The Labute approximate surface area is 174 Å². The quantitative estimate of drug-likeness (QED) is 0.498. The van der Waals surface area contributed by atoms with E-state index in [4.69, 9.17) is 0 Å². The van der Waals surface area contributed by atoms with Crippen LogP contribution in [0.1, 0.15) is 28.4 Å². The van der Waals surface area contributed by atoms with E-state index in [1.165, 1.54) is 0 Å². The van der Waals surface area contributed by atoms with E-state index in [-0.39, 0.29) is 23.1 Å². The van der Waals surface area contributed by atoms with Gasteiger partial charge in [-0.25, -0.2) is 0 Å². The highest BCUT2D eigenvalue weighted by Gasteiger charge is 2.18. The Bertz CT molecular complexity index is 1220. The number of nitrogens with zero attached hydrogens (tertiary/aromatic N) is 3. The summed E-state index contributed by atoms with van der Waals surface area (Å²) >= 11 is 0. The van der Waals surface area contributed by atoms with Crippen LogP contribution < -0.4 is 10.9 Å². The molecular formula is C23H25N5O2. The molecule has 0 saturated carbocycles. The maximum Gasteiger partial charge on any atom is 0.263 e. The van der Waals surface area contributed by atoms with Crippen LogP contribution in [-0.4, -0.2) is 31.3 Å². The number of aromatic amines is 1. The van der Waals surface area contributed by atoms with Crippen molar-refractivity contribution in [2.24, 2.45) is 0 Å². The summed E-state index contributed by atoms with van der Waals surface area (Å²) < 4.78 is 3.37. The number of H-pyrrole nitrogens is 1. The summed E-state index contributed by atoms with van der Waals surface area (Å²) in [6, 6.07) is 11.6. The van der Waals surface area contributed by atoms with E-state index < -0.39 is 0 Å². The van der Waals surface area contributed by atoms with Gasteiger partial charge < -0.3 is 14.9 Å². The first-order valence-electron chi connectivity index (χ1n) is 10.1. The molecule has 0 aliphatic heterocycles. The van der Waals surface area contributed by atoms with Gasteiger partial charge >= 0.3 is 0 Å². The summed E-state index contributed by atoms with van der Waals surface area (Å²) in [5, 5.41) is 8.23. The number of fused-ring (bicyclic) bond motifs is 1. The Kier molecular flexibility index (Phi) is 5.52. The largest absolute Gasteiger partial charge is 0.361 e. The first-order valence-corrected chi connectivity index (χ1v) is 10.1. The lowest BCUT2D eigenvalue weighted by Gasteiger charge is -2.16. The van der Waals surface area contributed by atoms with Gasteiger partial charge in [-0.15, -0.1) is 0 Å². The Morgan fingerprint density at radius 2 is 2.03 bits per heavy atom. The zero-order chi connectivity index (χ0) is 21.1. The van der Waals surface area contributed by atoms with Crippen LogP contribution in [0.2, 0.25) is 0 Å². The van der Waals surface area contributed by atoms with E-state index in [1.807, 2.05) is 49.6 Å². The van der Waals surface area contributed by atoms with Gasteiger partial charge in [0.2, 0.25) is 0 Å². The number of hydrogen-bond acceptors (Lipinski definition) is 3. The van der Waals surface area contributed by atoms with Crippen molar-refractivity contribution in [2.75, 3.05) is 0 Å². The van der Waals surface area contributed by atoms with Crippen molar-refractivity contribution in [1.29, 1.82) is 0 Å². The molecule has 7 nitrogen and oxygen atoms in total. The molecule has 3 aromatic heterocycles. The SMILES string of the molecule is Cc1ccn(CCc2c[nH]c3ccccc23)c(=O)c1C(=O)NC(C)Cn1cccn1. The fourth-order valence-electron chi connectivity index (χ4n) is 3.73. The average molecular weight is 403 g/mol. The molecule has 1 unspecified atom stereocenters. The van der Waals surface area contributed by atoms with Gasteiger partial charge in [-0.3, -0.25) is 14.3 Å². The van der Waals surface area contributed by atoms with Crippen molar-refractivity contribution >= 4 is 16.8 Å². The van der Waals surface area contributed by atoms with Gasteiger partial charge in [-0.05, 0) is 49.6 Å². The second kappa shape index (κ2) is 8.41. The summed E-state index contributed by atoms with van der Waals surface area (Å²) in [5.74, 6) is -0.349. The number of aryl methyl sites for hydroxylation is 3. The first-order chi connectivity index (χ1) is 14.5. The minimum atomic E-state index is -0.349. The van der Waals surface area contributed by atoms with Crippen molar-refractivity contribution in [3.63, 3.8) is 0 Å². The van der Waals surface area contributed by atoms with E-state index in [1.54, 1.807) is 28.6 Å². The number of carbonyl (C=O) groups is 1. The standard InChI is InChI=1S/C23H25N5O2/c1-16-8-12-27(13-9-18-14-24-20-7-4-3-6-19(18)20)23(30)21(16)22(29)26-17(2)15-28-11-5-10-25-28/h3-8,10-12,14,17,24H,9,13,15H2,1-2H3,(H,26,29). The third kappa shape index (κ3) is 4.05. The molecule has 154 valence electrons. The lowest BCUT2D eigenvalue weighted by molar-refractivity contribution is 0.0933.